The Morgan fingerprint density at radius 1 is 1.10 bits per heavy atom. The molecule has 1 aromatic heterocycles. The van der Waals surface area contributed by atoms with Gasteiger partial charge in [-0.25, -0.2) is 4.39 Å². The fourth-order valence-electron chi connectivity index (χ4n) is 2.12. The van der Waals surface area contributed by atoms with Crippen molar-refractivity contribution in [2.75, 3.05) is 7.11 Å². The van der Waals surface area contributed by atoms with Crippen LogP contribution in [0.1, 0.15) is 17.4 Å². The lowest BCUT2D eigenvalue weighted by molar-refractivity contribution is 0.192. The van der Waals surface area contributed by atoms with Crippen LogP contribution in [-0.4, -0.2) is 12.2 Å². The molecule has 4 heteroatoms. The number of benzene rings is 2. The van der Waals surface area contributed by atoms with Crippen molar-refractivity contribution in [2.24, 2.45) is 0 Å². The minimum Gasteiger partial charge on any atom is -0.497 e. The number of rotatable bonds is 3. The van der Waals surface area contributed by atoms with Gasteiger partial charge in [0.05, 0.1) is 7.11 Å². The molecule has 1 unspecified atom stereocenters. The van der Waals surface area contributed by atoms with Gasteiger partial charge in [-0.15, -0.1) is 0 Å². The molecule has 1 heterocycles. The van der Waals surface area contributed by atoms with Gasteiger partial charge in [-0.3, -0.25) is 0 Å². The summed E-state index contributed by atoms with van der Waals surface area (Å²) in [6, 6.07) is 13.0. The zero-order valence-electron chi connectivity index (χ0n) is 10.8. The molecule has 0 aliphatic heterocycles. The van der Waals surface area contributed by atoms with Gasteiger partial charge in [0.15, 0.2) is 0 Å². The highest BCUT2D eigenvalue weighted by atomic mass is 19.1. The zero-order chi connectivity index (χ0) is 14.1. The van der Waals surface area contributed by atoms with Crippen molar-refractivity contribution in [3.8, 4) is 5.75 Å². The zero-order valence-corrected chi connectivity index (χ0v) is 10.8. The van der Waals surface area contributed by atoms with E-state index in [9.17, 15) is 9.50 Å². The Balaban J connectivity index is 1.96. The average molecular weight is 272 g/mol. The Bertz CT molecular complexity index is 731. The molecule has 102 valence electrons. The second kappa shape index (κ2) is 4.98. The molecular formula is C16H13FO3. The normalized spacial score (nSPS) is 12.6. The Kier molecular flexibility index (Phi) is 3.16. The molecule has 3 nitrogen and oxygen atoms in total. The maximum absolute atomic E-state index is 13.1. The molecule has 2 aromatic carbocycles. The number of hydrogen-bond donors (Lipinski definition) is 1. The smallest absolute Gasteiger partial charge is 0.138 e. The number of ether oxygens (including phenoxy) is 1. The fourth-order valence-corrected chi connectivity index (χ4v) is 2.12. The maximum atomic E-state index is 13.1. The first-order chi connectivity index (χ1) is 9.67. The summed E-state index contributed by atoms with van der Waals surface area (Å²) in [5.41, 5.74) is 1.24. The van der Waals surface area contributed by atoms with Crippen LogP contribution in [0.5, 0.6) is 5.75 Å². The van der Waals surface area contributed by atoms with Crippen LogP contribution in [0.15, 0.2) is 52.9 Å². The SMILES string of the molecule is COc1ccc(C(O)c2cc3cc(F)ccc3o2)cc1. The summed E-state index contributed by atoms with van der Waals surface area (Å²) >= 11 is 0. The van der Waals surface area contributed by atoms with Crippen molar-refractivity contribution in [2.45, 2.75) is 6.10 Å². The average Bonchev–Trinajstić information content (AvgIpc) is 2.89. The standard InChI is InChI=1S/C16H13FO3/c1-19-13-5-2-10(3-6-13)16(18)15-9-11-8-12(17)4-7-14(11)20-15/h2-9,16,18H,1H3. The van der Waals surface area contributed by atoms with Crippen molar-refractivity contribution in [3.63, 3.8) is 0 Å². The quantitative estimate of drug-likeness (QED) is 0.791. The van der Waals surface area contributed by atoms with Crippen LogP contribution in [0.25, 0.3) is 11.0 Å². The number of fused-ring (bicyclic) bond motifs is 1. The monoisotopic (exact) mass is 272 g/mol. The molecule has 0 saturated heterocycles. The third kappa shape index (κ3) is 2.26. The Morgan fingerprint density at radius 2 is 1.85 bits per heavy atom. The molecule has 0 amide bonds. The van der Waals surface area contributed by atoms with Gasteiger partial charge in [0.1, 0.15) is 29.0 Å². The van der Waals surface area contributed by atoms with Gasteiger partial charge in [0.2, 0.25) is 0 Å². The van der Waals surface area contributed by atoms with Gasteiger partial charge in [-0.2, -0.15) is 0 Å². The first-order valence-corrected chi connectivity index (χ1v) is 6.18. The molecule has 0 saturated carbocycles. The highest BCUT2D eigenvalue weighted by Gasteiger charge is 2.16. The lowest BCUT2D eigenvalue weighted by Gasteiger charge is -2.08. The summed E-state index contributed by atoms with van der Waals surface area (Å²) in [5, 5.41) is 10.9. The molecule has 0 radical (unpaired) electrons. The van der Waals surface area contributed by atoms with Gasteiger partial charge < -0.3 is 14.3 Å². The molecule has 0 spiro atoms. The molecule has 0 bridgehead atoms. The van der Waals surface area contributed by atoms with Crippen molar-refractivity contribution in [3.05, 3.63) is 65.7 Å². The number of methoxy groups -OCH3 is 1. The van der Waals surface area contributed by atoms with E-state index in [1.165, 1.54) is 12.1 Å². The van der Waals surface area contributed by atoms with Crippen molar-refractivity contribution >= 4 is 11.0 Å². The number of halogens is 1. The van der Waals surface area contributed by atoms with Crippen molar-refractivity contribution in [1.29, 1.82) is 0 Å². The third-order valence-electron chi connectivity index (χ3n) is 3.20. The number of furan rings is 1. The molecule has 1 N–H and O–H groups in total. The van der Waals surface area contributed by atoms with Crippen LogP contribution in [0.4, 0.5) is 4.39 Å². The van der Waals surface area contributed by atoms with Crippen LogP contribution in [-0.2, 0) is 0 Å². The third-order valence-corrected chi connectivity index (χ3v) is 3.20. The van der Waals surface area contributed by atoms with E-state index in [-0.39, 0.29) is 5.82 Å². The lowest BCUT2D eigenvalue weighted by atomic mass is 10.1. The van der Waals surface area contributed by atoms with Crippen LogP contribution in [0.2, 0.25) is 0 Å². The first-order valence-electron chi connectivity index (χ1n) is 6.18. The van der Waals surface area contributed by atoms with Crippen LogP contribution >= 0.6 is 0 Å². The molecule has 0 fully saturated rings. The molecule has 1 atom stereocenters. The van der Waals surface area contributed by atoms with Gasteiger partial charge in [0, 0.05) is 5.39 Å². The lowest BCUT2D eigenvalue weighted by Crippen LogP contribution is -1.97. The van der Waals surface area contributed by atoms with Crippen LogP contribution in [0.3, 0.4) is 0 Å². The van der Waals surface area contributed by atoms with E-state index in [1.54, 1.807) is 43.5 Å². The van der Waals surface area contributed by atoms with Gasteiger partial charge in [0.25, 0.3) is 0 Å². The van der Waals surface area contributed by atoms with Crippen LogP contribution in [0, 0.1) is 5.82 Å². The number of aliphatic hydroxyl groups is 1. The highest BCUT2D eigenvalue weighted by Crippen LogP contribution is 2.29. The first kappa shape index (κ1) is 12.7. The second-order valence-corrected chi connectivity index (χ2v) is 4.51. The number of aliphatic hydroxyl groups excluding tert-OH is 1. The summed E-state index contributed by atoms with van der Waals surface area (Å²) in [6.07, 6.45) is -0.892. The van der Waals surface area contributed by atoms with E-state index in [1.807, 2.05) is 0 Å². The largest absolute Gasteiger partial charge is 0.497 e. The van der Waals surface area contributed by atoms with Gasteiger partial charge >= 0.3 is 0 Å². The molecule has 3 rings (SSSR count). The minimum absolute atomic E-state index is 0.330. The summed E-state index contributed by atoms with van der Waals surface area (Å²) < 4.78 is 23.8. The molecule has 0 aliphatic carbocycles. The Hall–Kier alpha value is -2.33. The number of hydrogen-bond acceptors (Lipinski definition) is 3. The predicted octanol–water partition coefficient (Wildman–Crippen LogP) is 3.66. The van der Waals surface area contributed by atoms with E-state index >= 15 is 0 Å². The maximum Gasteiger partial charge on any atom is 0.138 e. The van der Waals surface area contributed by atoms with E-state index in [0.29, 0.717) is 28.0 Å². The Labute approximate surface area is 115 Å². The topological polar surface area (TPSA) is 42.6 Å². The van der Waals surface area contributed by atoms with E-state index in [4.69, 9.17) is 9.15 Å². The summed E-state index contributed by atoms with van der Waals surface area (Å²) in [5.74, 6) is 0.771. The second-order valence-electron chi connectivity index (χ2n) is 4.51. The summed E-state index contributed by atoms with van der Waals surface area (Å²) in [7, 11) is 1.58. The predicted molar refractivity (Wildman–Crippen MR) is 73.2 cm³/mol. The van der Waals surface area contributed by atoms with Crippen molar-refractivity contribution < 1.29 is 18.7 Å². The fraction of sp³-hybridized carbons (Fsp3) is 0.125. The van der Waals surface area contributed by atoms with Crippen molar-refractivity contribution in [1.82, 2.24) is 0 Å². The Morgan fingerprint density at radius 3 is 2.55 bits per heavy atom. The summed E-state index contributed by atoms with van der Waals surface area (Å²) in [6.45, 7) is 0. The molecule has 3 aromatic rings. The van der Waals surface area contributed by atoms with E-state index in [2.05, 4.69) is 0 Å². The molecular weight excluding hydrogens is 259 g/mol. The van der Waals surface area contributed by atoms with Gasteiger partial charge in [-0.05, 0) is 42.0 Å². The van der Waals surface area contributed by atoms with E-state index < -0.39 is 6.10 Å². The summed E-state index contributed by atoms with van der Waals surface area (Å²) in [4.78, 5) is 0. The highest BCUT2D eigenvalue weighted by molar-refractivity contribution is 5.78. The van der Waals surface area contributed by atoms with Gasteiger partial charge in [-0.1, -0.05) is 12.1 Å². The minimum atomic E-state index is -0.892. The van der Waals surface area contributed by atoms with E-state index in [0.717, 1.165) is 0 Å². The van der Waals surface area contributed by atoms with Crippen LogP contribution < -0.4 is 4.74 Å². The molecule has 0 aliphatic rings. The molecule has 20 heavy (non-hydrogen) atoms.